The van der Waals surface area contributed by atoms with E-state index < -0.39 is 0 Å². The Morgan fingerprint density at radius 2 is 2.00 bits per heavy atom. The molecule has 1 aliphatic rings. The lowest BCUT2D eigenvalue weighted by molar-refractivity contribution is 0.198. The van der Waals surface area contributed by atoms with E-state index in [1.165, 1.54) is 24.9 Å². The fourth-order valence-corrected chi connectivity index (χ4v) is 4.28. The predicted octanol–water partition coefficient (Wildman–Crippen LogP) is 4.18. The second-order valence-electron chi connectivity index (χ2n) is 5.43. The third-order valence-corrected chi connectivity index (χ3v) is 5.07. The second-order valence-corrected chi connectivity index (χ2v) is 7.14. The number of likely N-dealkylation sites (tertiary alicyclic amines) is 1. The van der Waals surface area contributed by atoms with Crippen LogP contribution in [0.5, 0.6) is 5.75 Å². The Kier molecular flexibility index (Phi) is 6.99. The average Bonchev–Trinajstić information content (AvgIpc) is 2.49. The van der Waals surface area contributed by atoms with Crippen LogP contribution in [0.25, 0.3) is 0 Å². The first-order valence-electron chi connectivity index (χ1n) is 7.70. The molecule has 1 atom stereocenters. The lowest BCUT2D eigenvalue weighted by Gasteiger charge is -2.32. The Balaban J connectivity index is 1.94. The summed E-state index contributed by atoms with van der Waals surface area (Å²) in [6.07, 6.45) is 2.57. The molecule has 1 unspecified atom stereocenters. The van der Waals surface area contributed by atoms with E-state index in [4.69, 9.17) is 4.74 Å². The number of piperidine rings is 1. The molecule has 1 aromatic rings. The zero-order chi connectivity index (χ0) is 15.2. The Hall–Kier alpha value is -0.100. The van der Waals surface area contributed by atoms with Crippen molar-refractivity contribution in [1.82, 2.24) is 10.2 Å². The summed E-state index contributed by atoms with van der Waals surface area (Å²) in [7, 11) is 0. The Morgan fingerprint density at radius 1 is 1.29 bits per heavy atom. The van der Waals surface area contributed by atoms with Gasteiger partial charge < -0.3 is 15.0 Å². The highest BCUT2D eigenvalue weighted by atomic mass is 79.9. The molecule has 1 aromatic carbocycles. The summed E-state index contributed by atoms with van der Waals surface area (Å²) in [4.78, 5) is 2.52. The van der Waals surface area contributed by atoms with E-state index in [0.29, 0.717) is 12.6 Å². The largest absolute Gasteiger partial charge is 0.492 e. The number of hydrogen-bond donors (Lipinski definition) is 1. The number of ether oxygens (including phenoxy) is 1. The highest BCUT2D eigenvalue weighted by Gasteiger charge is 2.18. The van der Waals surface area contributed by atoms with E-state index in [0.717, 1.165) is 34.3 Å². The molecule has 5 heteroatoms. The first-order valence-corrected chi connectivity index (χ1v) is 9.29. The number of rotatable bonds is 6. The minimum Gasteiger partial charge on any atom is -0.492 e. The van der Waals surface area contributed by atoms with E-state index >= 15 is 0 Å². The van der Waals surface area contributed by atoms with E-state index in [1.807, 2.05) is 6.92 Å². The van der Waals surface area contributed by atoms with Crippen molar-refractivity contribution >= 4 is 31.9 Å². The SMILES string of the molecule is CCOc1c(Br)cc(CNC2CCCN(CC)C2)cc1Br. The maximum Gasteiger partial charge on any atom is 0.147 e. The van der Waals surface area contributed by atoms with Gasteiger partial charge in [0.15, 0.2) is 0 Å². The molecule has 0 spiro atoms. The first kappa shape index (κ1) is 17.3. The molecule has 1 heterocycles. The highest BCUT2D eigenvalue weighted by Crippen LogP contribution is 2.34. The average molecular weight is 420 g/mol. The van der Waals surface area contributed by atoms with Crippen LogP contribution in [0.3, 0.4) is 0 Å². The molecule has 2 rings (SSSR count). The van der Waals surface area contributed by atoms with Gasteiger partial charge in [-0.05, 0) is 82.4 Å². The summed E-state index contributed by atoms with van der Waals surface area (Å²) >= 11 is 7.19. The monoisotopic (exact) mass is 418 g/mol. The van der Waals surface area contributed by atoms with Crippen LogP contribution in [0.15, 0.2) is 21.1 Å². The zero-order valence-corrected chi connectivity index (χ0v) is 16.0. The molecule has 0 bridgehead atoms. The molecule has 3 nitrogen and oxygen atoms in total. The summed E-state index contributed by atoms with van der Waals surface area (Å²) in [6.45, 7) is 9.36. The molecule has 1 saturated heterocycles. The number of benzene rings is 1. The number of hydrogen-bond acceptors (Lipinski definition) is 3. The van der Waals surface area contributed by atoms with Gasteiger partial charge in [-0.3, -0.25) is 0 Å². The van der Waals surface area contributed by atoms with Gasteiger partial charge in [-0.25, -0.2) is 0 Å². The summed E-state index contributed by atoms with van der Waals surface area (Å²) < 4.78 is 7.64. The van der Waals surface area contributed by atoms with Crippen molar-refractivity contribution in [2.75, 3.05) is 26.2 Å². The molecule has 21 heavy (non-hydrogen) atoms. The summed E-state index contributed by atoms with van der Waals surface area (Å²) in [6, 6.07) is 4.88. The van der Waals surface area contributed by atoms with Gasteiger partial charge in [0.05, 0.1) is 15.6 Å². The highest BCUT2D eigenvalue weighted by molar-refractivity contribution is 9.11. The van der Waals surface area contributed by atoms with Gasteiger partial charge in [0, 0.05) is 19.1 Å². The van der Waals surface area contributed by atoms with Gasteiger partial charge in [-0.2, -0.15) is 0 Å². The van der Waals surface area contributed by atoms with Gasteiger partial charge in [-0.1, -0.05) is 6.92 Å². The Morgan fingerprint density at radius 3 is 2.62 bits per heavy atom. The normalized spacial score (nSPS) is 19.7. The molecule has 1 fully saturated rings. The van der Waals surface area contributed by atoms with Crippen LogP contribution >= 0.6 is 31.9 Å². The second kappa shape index (κ2) is 8.51. The molecule has 0 saturated carbocycles. The third kappa shape index (κ3) is 4.95. The third-order valence-electron chi connectivity index (χ3n) is 3.89. The maximum atomic E-state index is 5.62. The zero-order valence-electron chi connectivity index (χ0n) is 12.8. The Labute approximate surface area is 144 Å². The van der Waals surface area contributed by atoms with E-state index in [-0.39, 0.29) is 0 Å². The van der Waals surface area contributed by atoms with E-state index in [1.54, 1.807) is 0 Å². The standard InChI is InChI=1S/C16H24Br2N2O/c1-3-20-7-5-6-13(11-20)19-10-12-8-14(17)16(21-4-2)15(18)9-12/h8-9,13,19H,3-7,10-11H2,1-2H3. The number of nitrogens with one attached hydrogen (secondary N) is 1. The molecule has 0 radical (unpaired) electrons. The lowest BCUT2D eigenvalue weighted by Crippen LogP contribution is -2.45. The topological polar surface area (TPSA) is 24.5 Å². The van der Waals surface area contributed by atoms with Crippen LogP contribution in [-0.2, 0) is 6.54 Å². The molecular formula is C16H24Br2N2O. The quantitative estimate of drug-likeness (QED) is 0.748. The fraction of sp³-hybridized carbons (Fsp3) is 0.625. The van der Waals surface area contributed by atoms with Crippen molar-refractivity contribution < 1.29 is 4.74 Å². The van der Waals surface area contributed by atoms with Crippen molar-refractivity contribution in [3.8, 4) is 5.75 Å². The number of likely N-dealkylation sites (N-methyl/N-ethyl adjacent to an activating group) is 1. The van der Waals surface area contributed by atoms with E-state index in [9.17, 15) is 0 Å². The lowest BCUT2D eigenvalue weighted by atomic mass is 10.1. The van der Waals surface area contributed by atoms with Crippen molar-refractivity contribution in [2.45, 2.75) is 39.3 Å². The van der Waals surface area contributed by atoms with Crippen LogP contribution in [-0.4, -0.2) is 37.2 Å². The number of halogens is 2. The summed E-state index contributed by atoms with van der Waals surface area (Å²) in [5.74, 6) is 0.885. The van der Waals surface area contributed by atoms with Crippen molar-refractivity contribution in [3.63, 3.8) is 0 Å². The van der Waals surface area contributed by atoms with Gasteiger partial charge in [-0.15, -0.1) is 0 Å². The minimum absolute atomic E-state index is 0.600. The maximum absolute atomic E-state index is 5.62. The minimum atomic E-state index is 0.600. The molecule has 1 N–H and O–H groups in total. The van der Waals surface area contributed by atoms with Crippen LogP contribution in [0.4, 0.5) is 0 Å². The molecule has 118 valence electrons. The van der Waals surface area contributed by atoms with Crippen LogP contribution in [0.2, 0.25) is 0 Å². The molecular weight excluding hydrogens is 396 g/mol. The van der Waals surface area contributed by atoms with Crippen LogP contribution in [0.1, 0.15) is 32.3 Å². The fourth-order valence-electron chi connectivity index (χ4n) is 2.77. The van der Waals surface area contributed by atoms with Gasteiger partial charge >= 0.3 is 0 Å². The first-order chi connectivity index (χ1) is 10.1. The van der Waals surface area contributed by atoms with Gasteiger partial charge in [0.25, 0.3) is 0 Å². The van der Waals surface area contributed by atoms with E-state index in [2.05, 4.69) is 61.1 Å². The van der Waals surface area contributed by atoms with Gasteiger partial charge in [0.2, 0.25) is 0 Å². The van der Waals surface area contributed by atoms with Crippen LogP contribution < -0.4 is 10.1 Å². The summed E-state index contributed by atoms with van der Waals surface area (Å²) in [5, 5.41) is 3.68. The van der Waals surface area contributed by atoms with Crippen molar-refractivity contribution in [3.05, 3.63) is 26.6 Å². The molecule has 0 amide bonds. The van der Waals surface area contributed by atoms with Crippen molar-refractivity contribution in [1.29, 1.82) is 0 Å². The molecule has 1 aliphatic heterocycles. The summed E-state index contributed by atoms with van der Waals surface area (Å²) in [5.41, 5.74) is 1.27. The van der Waals surface area contributed by atoms with Crippen LogP contribution in [0, 0.1) is 0 Å². The smallest absolute Gasteiger partial charge is 0.147 e. The molecule has 0 aromatic heterocycles. The van der Waals surface area contributed by atoms with Gasteiger partial charge in [0.1, 0.15) is 5.75 Å². The predicted molar refractivity (Wildman–Crippen MR) is 95.0 cm³/mol. The Bertz CT molecular complexity index is 445. The molecule has 0 aliphatic carbocycles. The number of nitrogens with zero attached hydrogens (tertiary/aromatic N) is 1. The van der Waals surface area contributed by atoms with Crippen molar-refractivity contribution in [2.24, 2.45) is 0 Å².